The summed E-state index contributed by atoms with van der Waals surface area (Å²) >= 11 is 4.46. The molecular formula is C17H13BrN2O4S. The number of phenols is 1. The van der Waals surface area contributed by atoms with Crippen LogP contribution in [0.4, 0.5) is 5.00 Å². The van der Waals surface area contributed by atoms with E-state index in [9.17, 15) is 20.0 Å². The number of aryl methyl sites for hydroxylation is 1. The number of carbonyl (C=O) groups excluding carboxylic acids is 2. The number of hydrogen-bond acceptors (Lipinski definition) is 6. The lowest BCUT2D eigenvalue weighted by atomic mass is 10.1. The van der Waals surface area contributed by atoms with Crippen LogP contribution in [0, 0.1) is 18.3 Å². The van der Waals surface area contributed by atoms with Gasteiger partial charge in [-0.1, -0.05) is 15.9 Å². The molecule has 0 radical (unpaired) electrons. The van der Waals surface area contributed by atoms with Crippen LogP contribution in [0.15, 0.2) is 34.3 Å². The molecule has 0 aliphatic heterocycles. The van der Waals surface area contributed by atoms with Gasteiger partial charge in [-0.25, -0.2) is 4.79 Å². The molecule has 2 N–H and O–H groups in total. The third-order valence-electron chi connectivity index (χ3n) is 3.14. The molecule has 0 fully saturated rings. The van der Waals surface area contributed by atoms with Crippen LogP contribution in [0.1, 0.15) is 20.8 Å². The number of hydrogen-bond donors (Lipinski definition) is 2. The maximum Gasteiger partial charge on any atom is 0.340 e. The van der Waals surface area contributed by atoms with Crippen LogP contribution in [0.25, 0.3) is 6.08 Å². The van der Waals surface area contributed by atoms with E-state index in [1.54, 1.807) is 31.2 Å². The number of rotatable bonds is 4. The molecule has 0 aliphatic rings. The van der Waals surface area contributed by atoms with E-state index in [-0.39, 0.29) is 16.9 Å². The first-order chi connectivity index (χ1) is 11.8. The predicted octanol–water partition coefficient (Wildman–Crippen LogP) is 3.86. The minimum Gasteiger partial charge on any atom is -0.507 e. The van der Waals surface area contributed by atoms with E-state index in [2.05, 4.69) is 26.0 Å². The molecule has 0 unspecified atom stereocenters. The van der Waals surface area contributed by atoms with Gasteiger partial charge in [-0.2, -0.15) is 5.26 Å². The molecule has 6 nitrogen and oxygen atoms in total. The number of phenolic OH excluding ortho intramolecular Hbond substituents is 1. The Balaban J connectivity index is 2.33. The predicted molar refractivity (Wildman–Crippen MR) is 98.4 cm³/mol. The lowest BCUT2D eigenvalue weighted by molar-refractivity contribution is -0.112. The minimum atomic E-state index is -0.686. The van der Waals surface area contributed by atoms with Gasteiger partial charge in [0.05, 0.1) is 12.7 Å². The van der Waals surface area contributed by atoms with Gasteiger partial charge in [0.15, 0.2) is 0 Å². The zero-order valence-electron chi connectivity index (χ0n) is 13.3. The average molecular weight is 421 g/mol. The number of nitrogens with zero attached hydrogens (tertiary/aromatic N) is 1. The molecule has 1 aromatic carbocycles. The minimum absolute atomic E-state index is 0.0639. The average Bonchev–Trinajstić information content (AvgIpc) is 2.95. The van der Waals surface area contributed by atoms with Crippen LogP contribution < -0.4 is 5.32 Å². The Morgan fingerprint density at radius 2 is 2.12 bits per heavy atom. The Bertz CT molecular complexity index is 912. The third-order valence-corrected chi connectivity index (χ3v) is 4.60. The number of nitriles is 1. The van der Waals surface area contributed by atoms with E-state index in [4.69, 9.17) is 0 Å². The van der Waals surface area contributed by atoms with Crippen molar-refractivity contribution in [2.24, 2.45) is 0 Å². The van der Waals surface area contributed by atoms with Gasteiger partial charge < -0.3 is 15.2 Å². The highest BCUT2D eigenvalue weighted by Crippen LogP contribution is 2.29. The summed E-state index contributed by atoms with van der Waals surface area (Å²) in [4.78, 5) is 24.9. The highest BCUT2D eigenvalue weighted by molar-refractivity contribution is 9.10. The SMILES string of the molecule is COC(=O)c1cc(C)sc1NC(=O)/C(C#N)=C/c1cc(Br)ccc1O. The molecule has 1 aromatic heterocycles. The van der Waals surface area contributed by atoms with Gasteiger partial charge in [0.1, 0.15) is 22.4 Å². The number of thiophene rings is 1. The molecule has 25 heavy (non-hydrogen) atoms. The van der Waals surface area contributed by atoms with E-state index < -0.39 is 11.9 Å². The van der Waals surface area contributed by atoms with Crippen molar-refractivity contribution in [3.05, 3.63) is 50.3 Å². The molecule has 2 aromatic rings. The van der Waals surface area contributed by atoms with E-state index in [0.717, 1.165) is 4.88 Å². The summed E-state index contributed by atoms with van der Waals surface area (Å²) in [6.07, 6.45) is 1.27. The highest BCUT2D eigenvalue weighted by atomic mass is 79.9. The van der Waals surface area contributed by atoms with Crippen LogP contribution in [-0.4, -0.2) is 24.1 Å². The summed E-state index contributed by atoms with van der Waals surface area (Å²) in [7, 11) is 1.25. The maximum atomic E-state index is 12.4. The zero-order valence-corrected chi connectivity index (χ0v) is 15.7. The number of esters is 1. The van der Waals surface area contributed by atoms with Crippen LogP contribution in [0.5, 0.6) is 5.75 Å². The summed E-state index contributed by atoms with van der Waals surface area (Å²) in [5.41, 5.74) is 0.327. The Morgan fingerprint density at radius 3 is 2.76 bits per heavy atom. The molecule has 0 atom stereocenters. The first-order valence-electron chi connectivity index (χ1n) is 6.96. The van der Waals surface area contributed by atoms with Crippen molar-refractivity contribution in [3.63, 3.8) is 0 Å². The first-order valence-corrected chi connectivity index (χ1v) is 8.57. The van der Waals surface area contributed by atoms with Crippen LogP contribution in [-0.2, 0) is 9.53 Å². The number of anilines is 1. The van der Waals surface area contributed by atoms with Crippen molar-refractivity contribution < 1.29 is 19.4 Å². The molecule has 0 spiro atoms. The molecule has 8 heteroatoms. The standard InChI is InChI=1S/C17H13BrN2O4S/c1-9-5-13(17(23)24-2)16(25-9)20-15(22)11(8-19)6-10-7-12(18)3-4-14(10)21/h3-7,21H,1-2H3,(H,20,22)/b11-6+. The van der Waals surface area contributed by atoms with Crippen molar-refractivity contribution in [1.82, 2.24) is 0 Å². The fraction of sp³-hybridized carbons (Fsp3) is 0.118. The molecule has 128 valence electrons. The second-order valence-electron chi connectivity index (χ2n) is 4.92. The molecule has 2 rings (SSSR count). The molecular weight excluding hydrogens is 408 g/mol. The first kappa shape index (κ1) is 18.7. The quantitative estimate of drug-likeness (QED) is 0.444. The Kier molecular flexibility index (Phi) is 5.96. The number of methoxy groups -OCH3 is 1. The van der Waals surface area contributed by atoms with Gasteiger partial charge in [0.25, 0.3) is 5.91 Å². The largest absolute Gasteiger partial charge is 0.507 e. The highest BCUT2D eigenvalue weighted by Gasteiger charge is 2.19. The fourth-order valence-electron chi connectivity index (χ4n) is 1.98. The second kappa shape index (κ2) is 7.96. The van der Waals surface area contributed by atoms with Crippen LogP contribution in [0.3, 0.4) is 0 Å². The molecule has 0 saturated carbocycles. The Morgan fingerprint density at radius 1 is 1.40 bits per heavy atom. The van der Waals surface area contributed by atoms with E-state index in [0.29, 0.717) is 15.0 Å². The van der Waals surface area contributed by atoms with Crippen LogP contribution >= 0.6 is 27.3 Å². The zero-order chi connectivity index (χ0) is 18.6. The van der Waals surface area contributed by atoms with Gasteiger partial charge in [-0.05, 0) is 37.3 Å². The van der Waals surface area contributed by atoms with Gasteiger partial charge in [0.2, 0.25) is 0 Å². The van der Waals surface area contributed by atoms with Crippen molar-refractivity contribution >= 4 is 50.2 Å². The van der Waals surface area contributed by atoms with Crippen molar-refractivity contribution in [3.8, 4) is 11.8 Å². The molecule has 0 aliphatic carbocycles. The Labute approximate surface area is 156 Å². The third kappa shape index (κ3) is 4.47. The van der Waals surface area contributed by atoms with Crippen LogP contribution in [0.2, 0.25) is 0 Å². The Hall–Kier alpha value is -2.63. The number of benzene rings is 1. The van der Waals surface area contributed by atoms with E-state index >= 15 is 0 Å². The van der Waals surface area contributed by atoms with Crippen molar-refractivity contribution in [1.29, 1.82) is 5.26 Å². The summed E-state index contributed by atoms with van der Waals surface area (Å²) < 4.78 is 5.37. The summed E-state index contributed by atoms with van der Waals surface area (Å²) in [6.45, 7) is 1.79. The van der Waals surface area contributed by atoms with E-state index in [1.165, 1.54) is 30.6 Å². The topological polar surface area (TPSA) is 99.4 Å². The van der Waals surface area contributed by atoms with Gasteiger partial charge in [-0.3, -0.25) is 4.79 Å². The van der Waals surface area contributed by atoms with Crippen molar-refractivity contribution in [2.45, 2.75) is 6.92 Å². The molecule has 1 heterocycles. The second-order valence-corrected chi connectivity index (χ2v) is 7.09. The lowest BCUT2D eigenvalue weighted by Gasteiger charge is -2.05. The maximum absolute atomic E-state index is 12.4. The number of ether oxygens (including phenoxy) is 1. The van der Waals surface area contributed by atoms with Crippen molar-refractivity contribution in [2.75, 3.05) is 12.4 Å². The number of halogens is 1. The summed E-state index contributed by atoms with van der Waals surface area (Å²) in [5.74, 6) is -1.33. The molecule has 0 bridgehead atoms. The molecule has 0 saturated heterocycles. The summed E-state index contributed by atoms with van der Waals surface area (Å²) in [6, 6.07) is 8.06. The van der Waals surface area contributed by atoms with E-state index in [1.807, 2.05) is 0 Å². The summed E-state index contributed by atoms with van der Waals surface area (Å²) in [5, 5.41) is 21.9. The number of amides is 1. The fourth-order valence-corrected chi connectivity index (χ4v) is 3.26. The lowest BCUT2D eigenvalue weighted by Crippen LogP contribution is -2.15. The monoisotopic (exact) mass is 420 g/mol. The van der Waals surface area contributed by atoms with Gasteiger partial charge >= 0.3 is 5.97 Å². The normalized spacial score (nSPS) is 10.9. The number of carbonyl (C=O) groups is 2. The van der Waals surface area contributed by atoms with Gasteiger partial charge in [0, 0.05) is 14.9 Å². The number of aromatic hydroxyl groups is 1. The number of nitrogens with one attached hydrogen (secondary N) is 1. The van der Waals surface area contributed by atoms with Gasteiger partial charge in [-0.15, -0.1) is 11.3 Å². The smallest absolute Gasteiger partial charge is 0.340 e. The molecule has 1 amide bonds.